The molecule has 0 atom stereocenters. The van der Waals surface area contributed by atoms with Gasteiger partial charge in [0.15, 0.2) is 0 Å². The Balaban J connectivity index is 2.09. The Hall–Kier alpha value is -2.04. The van der Waals surface area contributed by atoms with Gasteiger partial charge >= 0.3 is 0 Å². The van der Waals surface area contributed by atoms with E-state index in [1.54, 1.807) is 12.1 Å². The zero-order chi connectivity index (χ0) is 15.9. The molecule has 0 aliphatic rings. The predicted octanol–water partition coefficient (Wildman–Crippen LogP) is 3.93. The third-order valence-electron chi connectivity index (χ3n) is 2.78. The first kappa shape index (κ1) is 16.3. The average molecular weight is 336 g/mol. The summed E-state index contributed by atoms with van der Waals surface area (Å²) in [4.78, 5) is 4.00. The van der Waals surface area contributed by atoms with E-state index < -0.39 is 0 Å². The Morgan fingerprint density at radius 2 is 1.82 bits per heavy atom. The third kappa shape index (κ3) is 4.76. The topological polar surface area (TPSA) is 71.5 Å². The summed E-state index contributed by atoms with van der Waals surface area (Å²) in [5.41, 5.74) is 6.87. The molecule has 0 unspecified atom stereocenters. The summed E-state index contributed by atoms with van der Waals surface area (Å²) >= 11 is 12.4. The molecule has 0 saturated carbocycles. The fourth-order valence-corrected chi connectivity index (χ4v) is 2.31. The number of benzene rings is 2. The van der Waals surface area contributed by atoms with Crippen LogP contribution in [0, 0.1) is 5.41 Å². The normalized spacial score (nSPS) is 10.8. The van der Waals surface area contributed by atoms with Crippen molar-refractivity contribution in [1.82, 2.24) is 0 Å². The summed E-state index contributed by atoms with van der Waals surface area (Å²) in [5.74, 6) is 0.564. The van der Waals surface area contributed by atoms with Gasteiger partial charge in [0.05, 0.1) is 16.6 Å². The van der Waals surface area contributed by atoms with E-state index >= 15 is 0 Å². The van der Waals surface area contributed by atoms with Gasteiger partial charge in [-0.1, -0.05) is 53.5 Å². The van der Waals surface area contributed by atoms with E-state index in [0.29, 0.717) is 28.0 Å². The summed E-state index contributed by atoms with van der Waals surface area (Å²) in [6.07, 6.45) is 1.51. The first-order valence-electron chi connectivity index (χ1n) is 6.55. The summed E-state index contributed by atoms with van der Waals surface area (Å²) in [6.45, 7) is 0.546. The number of ether oxygens (including phenoxy) is 1. The van der Waals surface area contributed by atoms with Crippen molar-refractivity contribution in [2.24, 2.45) is 10.7 Å². The molecule has 0 radical (unpaired) electrons. The molecule has 3 N–H and O–H groups in total. The van der Waals surface area contributed by atoms with Crippen LogP contribution in [-0.4, -0.2) is 18.6 Å². The van der Waals surface area contributed by atoms with Crippen LogP contribution < -0.4 is 10.5 Å². The molecule has 0 aliphatic heterocycles. The highest BCUT2D eigenvalue weighted by Gasteiger charge is 2.07. The zero-order valence-corrected chi connectivity index (χ0v) is 13.2. The van der Waals surface area contributed by atoms with E-state index in [1.165, 1.54) is 6.21 Å². The highest BCUT2D eigenvalue weighted by atomic mass is 35.5. The molecule has 0 saturated heterocycles. The fraction of sp³-hybridized carbons (Fsp3) is 0.125. The lowest BCUT2D eigenvalue weighted by atomic mass is 10.2. The predicted molar refractivity (Wildman–Crippen MR) is 91.6 cm³/mol. The fourth-order valence-electron chi connectivity index (χ4n) is 1.74. The second-order valence-corrected chi connectivity index (χ2v) is 5.38. The maximum atomic E-state index is 7.12. The quantitative estimate of drug-likeness (QED) is 0.620. The molecule has 0 aromatic heterocycles. The minimum atomic E-state index is -0.0219. The lowest BCUT2D eigenvalue weighted by Crippen LogP contribution is -2.13. The number of hydrogen-bond donors (Lipinski definition) is 2. The minimum Gasteiger partial charge on any atom is -0.489 e. The van der Waals surface area contributed by atoms with Crippen molar-refractivity contribution < 1.29 is 4.74 Å². The van der Waals surface area contributed by atoms with E-state index in [-0.39, 0.29) is 12.4 Å². The summed E-state index contributed by atoms with van der Waals surface area (Å²) in [7, 11) is 0. The number of nitrogens with zero attached hydrogens (tertiary/aromatic N) is 1. The van der Waals surface area contributed by atoms with Gasteiger partial charge in [-0.25, -0.2) is 0 Å². The van der Waals surface area contributed by atoms with Crippen LogP contribution >= 0.6 is 23.2 Å². The maximum Gasteiger partial charge on any atom is 0.122 e. The van der Waals surface area contributed by atoms with Crippen LogP contribution in [0.2, 0.25) is 10.0 Å². The van der Waals surface area contributed by atoms with Gasteiger partial charge in [0, 0.05) is 11.8 Å². The van der Waals surface area contributed by atoms with Gasteiger partial charge in [-0.2, -0.15) is 0 Å². The number of halogens is 2. The van der Waals surface area contributed by atoms with Gasteiger partial charge in [-0.05, 0) is 17.7 Å². The molecule has 0 amide bonds. The molecule has 114 valence electrons. The van der Waals surface area contributed by atoms with Crippen LogP contribution in [0.1, 0.15) is 11.1 Å². The smallest absolute Gasteiger partial charge is 0.122 e. The number of nitrogens with two attached hydrogens (primary N) is 1. The molecule has 0 heterocycles. The Kier molecular flexibility index (Phi) is 5.81. The summed E-state index contributed by atoms with van der Waals surface area (Å²) in [6, 6.07) is 13.2. The Labute approximate surface area is 139 Å². The van der Waals surface area contributed by atoms with Crippen LogP contribution in [0.15, 0.2) is 47.5 Å². The number of hydrogen-bond acceptors (Lipinski definition) is 3. The molecule has 6 heteroatoms. The van der Waals surface area contributed by atoms with Crippen molar-refractivity contribution in [3.63, 3.8) is 0 Å². The lowest BCUT2D eigenvalue weighted by Gasteiger charge is -2.09. The SMILES string of the molecule is N=C(N)CN=Cc1c(Cl)cc(OCc2ccccc2)cc1Cl. The number of amidine groups is 1. The van der Waals surface area contributed by atoms with Gasteiger partial charge in [0.25, 0.3) is 0 Å². The first-order chi connectivity index (χ1) is 10.6. The summed E-state index contributed by atoms with van der Waals surface area (Å²) < 4.78 is 5.68. The standard InChI is InChI=1S/C16H15Cl2N3O/c17-14-6-12(22-10-11-4-2-1-3-5-11)7-15(18)13(14)8-21-9-16(19)20/h1-8H,9-10H2,(H3,19,20). The van der Waals surface area contributed by atoms with Crippen molar-refractivity contribution in [1.29, 1.82) is 5.41 Å². The molecule has 22 heavy (non-hydrogen) atoms. The van der Waals surface area contributed by atoms with Crippen LogP contribution in [0.3, 0.4) is 0 Å². The molecule has 0 spiro atoms. The van der Waals surface area contributed by atoms with E-state index in [0.717, 1.165) is 5.56 Å². The number of rotatable bonds is 6. The van der Waals surface area contributed by atoms with Crippen molar-refractivity contribution >= 4 is 35.3 Å². The molecule has 2 aromatic rings. The third-order valence-corrected chi connectivity index (χ3v) is 3.41. The molecule has 0 bridgehead atoms. The molecular weight excluding hydrogens is 321 g/mol. The Morgan fingerprint density at radius 3 is 2.41 bits per heavy atom. The average Bonchev–Trinajstić information content (AvgIpc) is 2.49. The van der Waals surface area contributed by atoms with Gasteiger partial charge < -0.3 is 10.5 Å². The van der Waals surface area contributed by atoms with Crippen molar-refractivity contribution in [3.05, 3.63) is 63.6 Å². The van der Waals surface area contributed by atoms with Crippen LogP contribution in [0.5, 0.6) is 5.75 Å². The molecule has 0 aliphatic carbocycles. The van der Waals surface area contributed by atoms with E-state index in [4.69, 9.17) is 39.1 Å². The Bertz CT molecular complexity index is 664. The number of nitrogens with one attached hydrogen (secondary N) is 1. The van der Waals surface area contributed by atoms with Gasteiger partial charge in [0.2, 0.25) is 0 Å². The highest BCUT2D eigenvalue weighted by molar-refractivity contribution is 6.38. The van der Waals surface area contributed by atoms with Gasteiger partial charge in [-0.15, -0.1) is 0 Å². The van der Waals surface area contributed by atoms with Gasteiger partial charge in [0.1, 0.15) is 18.2 Å². The summed E-state index contributed by atoms with van der Waals surface area (Å²) in [5, 5.41) is 7.98. The molecular formula is C16H15Cl2N3O. The van der Waals surface area contributed by atoms with Crippen LogP contribution in [0.4, 0.5) is 0 Å². The lowest BCUT2D eigenvalue weighted by molar-refractivity contribution is 0.306. The second-order valence-electron chi connectivity index (χ2n) is 4.57. The van der Waals surface area contributed by atoms with Crippen molar-refractivity contribution in [2.75, 3.05) is 6.54 Å². The molecule has 0 fully saturated rings. The molecule has 2 aromatic carbocycles. The van der Waals surface area contributed by atoms with E-state index in [2.05, 4.69) is 4.99 Å². The molecule has 2 rings (SSSR count). The van der Waals surface area contributed by atoms with Crippen LogP contribution in [0.25, 0.3) is 0 Å². The van der Waals surface area contributed by atoms with Crippen molar-refractivity contribution in [3.8, 4) is 5.75 Å². The maximum absolute atomic E-state index is 7.12. The minimum absolute atomic E-state index is 0.0219. The number of aliphatic imine (C=N–C) groups is 1. The monoisotopic (exact) mass is 335 g/mol. The van der Waals surface area contributed by atoms with Gasteiger partial charge in [-0.3, -0.25) is 10.4 Å². The second kappa shape index (κ2) is 7.82. The Morgan fingerprint density at radius 1 is 1.18 bits per heavy atom. The first-order valence-corrected chi connectivity index (χ1v) is 7.30. The highest BCUT2D eigenvalue weighted by Crippen LogP contribution is 2.29. The zero-order valence-electron chi connectivity index (χ0n) is 11.7. The van der Waals surface area contributed by atoms with Crippen molar-refractivity contribution in [2.45, 2.75) is 6.61 Å². The van der Waals surface area contributed by atoms with E-state index in [1.807, 2.05) is 30.3 Å². The molecule has 4 nitrogen and oxygen atoms in total. The largest absolute Gasteiger partial charge is 0.489 e. The van der Waals surface area contributed by atoms with E-state index in [9.17, 15) is 0 Å². The van der Waals surface area contributed by atoms with Crippen LogP contribution in [-0.2, 0) is 6.61 Å².